The fraction of sp³-hybridized carbons (Fsp3) is 0.636. The van der Waals surface area contributed by atoms with Gasteiger partial charge in [0.15, 0.2) is 0 Å². The highest BCUT2D eigenvalue weighted by Crippen LogP contribution is 2.07. The minimum Gasteiger partial charge on any atom is -0.444 e. The molecule has 0 unspecified atom stereocenters. The molecular weight excluding hydrogens is 238 g/mol. The smallest absolute Gasteiger partial charge is 0.407 e. The van der Waals surface area contributed by atoms with E-state index >= 15 is 0 Å². The fourth-order valence-electron chi connectivity index (χ4n) is 1.28. The van der Waals surface area contributed by atoms with Gasteiger partial charge in [0.2, 0.25) is 0 Å². The first kappa shape index (κ1) is 13.9. The van der Waals surface area contributed by atoms with Crippen molar-refractivity contribution in [3.8, 4) is 0 Å². The summed E-state index contributed by atoms with van der Waals surface area (Å²) >= 11 is 1.47. The maximum Gasteiger partial charge on any atom is 0.407 e. The van der Waals surface area contributed by atoms with Gasteiger partial charge in [-0.15, -0.1) is 11.3 Å². The SMILES string of the molecule is C[C@H](N)CC[C@H](C)NC(=O)OCc1cncs1. The third-order valence-corrected chi connectivity index (χ3v) is 3.00. The maximum absolute atomic E-state index is 11.4. The van der Waals surface area contributed by atoms with E-state index in [1.54, 1.807) is 11.7 Å². The molecule has 0 aliphatic rings. The largest absolute Gasteiger partial charge is 0.444 e. The summed E-state index contributed by atoms with van der Waals surface area (Å²) in [4.78, 5) is 16.2. The van der Waals surface area contributed by atoms with Crippen LogP contribution in [0.1, 0.15) is 31.6 Å². The summed E-state index contributed by atoms with van der Waals surface area (Å²) in [6.07, 6.45) is 3.04. The summed E-state index contributed by atoms with van der Waals surface area (Å²) in [5.41, 5.74) is 7.36. The van der Waals surface area contributed by atoms with Crippen molar-refractivity contribution >= 4 is 17.4 Å². The Morgan fingerprint density at radius 2 is 2.35 bits per heavy atom. The number of aromatic nitrogens is 1. The highest BCUT2D eigenvalue weighted by molar-refractivity contribution is 7.09. The van der Waals surface area contributed by atoms with Crippen LogP contribution < -0.4 is 11.1 Å². The van der Waals surface area contributed by atoms with Crippen LogP contribution in [0.4, 0.5) is 4.79 Å². The number of nitrogens with zero attached hydrogens (tertiary/aromatic N) is 1. The van der Waals surface area contributed by atoms with Crippen LogP contribution in [0.3, 0.4) is 0 Å². The van der Waals surface area contributed by atoms with Crippen LogP contribution in [0.25, 0.3) is 0 Å². The molecule has 0 aliphatic carbocycles. The third-order valence-electron chi connectivity index (χ3n) is 2.25. The van der Waals surface area contributed by atoms with Gasteiger partial charge in [0, 0.05) is 18.3 Å². The molecule has 1 rings (SSSR count). The average molecular weight is 257 g/mol. The van der Waals surface area contributed by atoms with Crippen LogP contribution >= 0.6 is 11.3 Å². The first-order valence-corrected chi connectivity index (χ1v) is 6.52. The Labute approximate surface area is 105 Å². The monoisotopic (exact) mass is 257 g/mol. The standard InChI is InChI=1S/C11H19N3O2S/c1-8(12)3-4-9(2)14-11(15)16-6-10-5-13-7-17-10/h5,7-9H,3-4,6,12H2,1-2H3,(H,14,15)/t8-,9-/m0/s1. The molecule has 0 spiro atoms. The van der Waals surface area contributed by atoms with Gasteiger partial charge in [0.25, 0.3) is 0 Å². The molecule has 2 atom stereocenters. The zero-order chi connectivity index (χ0) is 12.7. The predicted octanol–water partition coefficient (Wildman–Crippen LogP) is 1.89. The number of hydrogen-bond acceptors (Lipinski definition) is 5. The number of nitrogens with one attached hydrogen (secondary N) is 1. The second kappa shape index (κ2) is 7.24. The number of nitrogens with two attached hydrogens (primary N) is 1. The van der Waals surface area contributed by atoms with Gasteiger partial charge < -0.3 is 15.8 Å². The molecule has 96 valence electrons. The number of carbonyl (C=O) groups excluding carboxylic acids is 1. The van der Waals surface area contributed by atoms with Crippen LogP contribution in [-0.2, 0) is 11.3 Å². The molecule has 5 nitrogen and oxygen atoms in total. The van der Waals surface area contributed by atoms with E-state index in [0.717, 1.165) is 17.7 Å². The number of rotatable bonds is 6. The molecular formula is C11H19N3O2S. The Bertz CT molecular complexity index is 327. The normalized spacial score (nSPS) is 14.1. The van der Waals surface area contributed by atoms with E-state index in [1.165, 1.54) is 11.3 Å². The van der Waals surface area contributed by atoms with Crippen molar-refractivity contribution in [2.75, 3.05) is 0 Å². The Balaban J connectivity index is 2.16. The summed E-state index contributed by atoms with van der Waals surface area (Å²) in [5, 5.41) is 2.77. The van der Waals surface area contributed by atoms with Crippen molar-refractivity contribution in [1.29, 1.82) is 0 Å². The second-order valence-corrected chi connectivity index (χ2v) is 5.11. The molecule has 1 aromatic heterocycles. The number of thiazole rings is 1. The molecule has 0 bridgehead atoms. The van der Waals surface area contributed by atoms with Crippen LogP contribution in [0.2, 0.25) is 0 Å². The molecule has 0 radical (unpaired) electrons. The highest BCUT2D eigenvalue weighted by Gasteiger charge is 2.09. The molecule has 0 aliphatic heterocycles. The lowest BCUT2D eigenvalue weighted by atomic mass is 10.1. The highest BCUT2D eigenvalue weighted by atomic mass is 32.1. The quantitative estimate of drug-likeness (QED) is 0.815. The number of carbonyl (C=O) groups is 1. The zero-order valence-electron chi connectivity index (χ0n) is 10.2. The van der Waals surface area contributed by atoms with Crippen molar-refractivity contribution in [3.63, 3.8) is 0 Å². The first-order valence-electron chi connectivity index (χ1n) is 5.64. The summed E-state index contributed by atoms with van der Waals surface area (Å²) in [6, 6.07) is 0.238. The van der Waals surface area contributed by atoms with Gasteiger partial charge in [-0.05, 0) is 26.7 Å². The molecule has 0 saturated carbocycles. The predicted molar refractivity (Wildman–Crippen MR) is 67.8 cm³/mol. The lowest BCUT2D eigenvalue weighted by Crippen LogP contribution is -2.34. The third kappa shape index (κ3) is 6.23. The van der Waals surface area contributed by atoms with Gasteiger partial charge >= 0.3 is 6.09 Å². The topological polar surface area (TPSA) is 77.2 Å². The van der Waals surface area contributed by atoms with Crippen LogP contribution in [0, 0.1) is 0 Å². The molecule has 1 aromatic rings. The molecule has 0 fully saturated rings. The number of hydrogen-bond donors (Lipinski definition) is 2. The van der Waals surface area contributed by atoms with Gasteiger partial charge in [-0.2, -0.15) is 0 Å². The van der Waals surface area contributed by atoms with Crippen molar-refractivity contribution in [2.24, 2.45) is 5.73 Å². The number of alkyl carbamates (subject to hydrolysis) is 1. The van der Waals surface area contributed by atoms with E-state index in [2.05, 4.69) is 10.3 Å². The van der Waals surface area contributed by atoms with Crippen molar-refractivity contribution in [1.82, 2.24) is 10.3 Å². The summed E-state index contributed by atoms with van der Waals surface area (Å²) in [5.74, 6) is 0. The minimum absolute atomic E-state index is 0.0787. The van der Waals surface area contributed by atoms with E-state index in [1.807, 2.05) is 13.8 Å². The fourth-order valence-corrected chi connectivity index (χ4v) is 1.78. The van der Waals surface area contributed by atoms with E-state index in [9.17, 15) is 4.79 Å². The van der Waals surface area contributed by atoms with Gasteiger partial charge in [-0.25, -0.2) is 4.79 Å². The summed E-state index contributed by atoms with van der Waals surface area (Å²) < 4.78 is 5.05. The van der Waals surface area contributed by atoms with Crippen LogP contribution in [0.15, 0.2) is 11.7 Å². The van der Waals surface area contributed by atoms with E-state index in [-0.39, 0.29) is 18.7 Å². The lowest BCUT2D eigenvalue weighted by Gasteiger charge is -2.14. The van der Waals surface area contributed by atoms with Gasteiger partial charge in [-0.3, -0.25) is 4.98 Å². The Morgan fingerprint density at radius 1 is 1.59 bits per heavy atom. The van der Waals surface area contributed by atoms with Crippen molar-refractivity contribution in [3.05, 3.63) is 16.6 Å². The molecule has 6 heteroatoms. The van der Waals surface area contributed by atoms with Crippen LogP contribution in [0.5, 0.6) is 0 Å². The van der Waals surface area contributed by atoms with E-state index < -0.39 is 6.09 Å². The number of amides is 1. The zero-order valence-corrected chi connectivity index (χ0v) is 11.0. The van der Waals surface area contributed by atoms with Crippen molar-refractivity contribution < 1.29 is 9.53 Å². The van der Waals surface area contributed by atoms with Crippen molar-refractivity contribution in [2.45, 2.75) is 45.4 Å². The van der Waals surface area contributed by atoms with Crippen LogP contribution in [-0.4, -0.2) is 23.2 Å². The van der Waals surface area contributed by atoms with Gasteiger partial charge in [0.1, 0.15) is 6.61 Å². The van der Waals surface area contributed by atoms with E-state index in [0.29, 0.717) is 0 Å². The van der Waals surface area contributed by atoms with E-state index in [4.69, 9.17) is 10.5 Å². The Morgan fingerprint density at radius 3 is 2.94 bits per heavy atom. The Hall–Kier alpha value is -1.14. The molecule has 1 heterocycles. The van der Waals surface area contributed by atoms with Gasteiger partial charge in [-0.1, -0.05) is 0 Å². The lowest BCUT2D eigenvalue weighted by molar-refractivity contribution is 0.136. The Kier molecular flexibility index (Phi) is 5.93. The van der Waals surface area contributed by atoms with Gasteiger partial charge in [0.05, 0.1) is 10.4 Å². The first-order chi connectivity index (χ1) is 8.08. The molecule has 0 aromatic carbocycles. The molecule has 17 heavy (non-hydrogen) atoms. The molecule has 0 saturated heterocycles. The molecule has 3 N–H and O–H groups in total. The molecule has 1 amide bonds. The summed E-state index contributed by atoms with van der Waals surface area (Å²) in [7, 11) is 0. The summed E-state index contributed by atoms with van der Waals surface area (Å²) in [6.45, 7) is 4.17. The maximum atomic E-state index is 11.4. The minimum atomic E-state index is -0.393. The second-order valence-electron chi connectivity index (χ2n) is 4.14. The number of ether oxygens (including phenoxy) is 1. The average Bonchev–Trinajstić information content (AvgIpc) is 2.76.